The van der Waals surface area contributed by atoms with Crippen LogP contribution in [0.4, 0.5) is 0 Å². The van der Waals surface area contributed by atoms with Crippen LogP contribution in [0.5, 0.6) is 0 Å². The quantitative estimate of drug-likeness (QED) is 0.823. The zero-order valence-corrected chi connectivity index (χ0v) is 9.52. The van der Waals surface area contributed by atoms with Gasteiger partial charge in [-0.1, -0.05) is 18.2 Å². The number of nitrogens with zero attached hydrogens (tertiary/aromatic N) is 1. The number of ether oxygens (including phenoxy) is 1. The number of rotatable bonds is 2. The van der Waals surface area contributed by atoms with Crippen molar-refractivity contribution in [1.82, 2.24) is 9.97 Å². The summed E-state index contributed by atoms with van der Waals surface area (Å²) in [6, 6.07) is 6.23. The van der Waals surface area contributed by atoms with Crippen LogP contribution in [0.1, 0.15) is 17.2 Å². The van der Waals surface area contributed by atoms with Gasteiger partial charge in [0.15, 0.2) is 0 Å². The molecule has 1 atom stereocenters. The highest BCUT2D eigenvalue weighted by Crippen LogP contribution is 2.32. The van der Waals surface area contributed by atoms with Gasteiger partial charge >= 0.3 is 0 Å². The van der Waals surface area contributed by atoms with Crippen molar-refractivity contribution in [3.05, 3.63) is 41.7 Å². The van der Waals surface area contributed by atoms with E-state index in [-0.39, 0.29) is 6.10 Å². The monoisotopic (exact) mass is 229 g/mol. The lowest BCUT2D eigenvalue weighted by Crippen LogP contribution is -2.23. The summed E-state index contributed by atoms with van der Waals surface area (Å²) >= 11 is 0. The predicted octanol–water partition coefficient (Wildman–Crippen LogP) is 1.65. The molecule has 0 fully saturated rings. The topological polar surface area (TPSA) is 63.9 Å². The van der Waals surface area contributed by atoms with E-state index in [1.54, 1.807) is 6.20 Å². The number of H-pyrrole nitrogens is 1. The van der Waals surface area contributed by atoms with Gasteiger partial charge < -0.3 is 15.5 Å². The summed E-state index contributed by atoms with van der Waals surface area (Å²) < 4.78 is 5.67. The molecule has 4 heteroatoms. The van der Waals surface area contributed by atoms with Crippen LogP contribution in [0.2, 0.25) is 0 Å². The van der Waals surface area contributed by atoms with E-state index in [4.69, 9.17) is 10.5 Å². The van der Waals surface area contributed by atoms with Crippen molar-refractivity contribution in [3.8, 4) is 11.4 Å². The number of nitrogens with two attached hydrogens (primary N) is 1. The fraction of sp³-hybridized carbons (Fsp3) is 0.308. The van der Waals surface area contributed by atoms with Crippen LogP contribution in [0.25, 0.3) is 11.4 Å². The highest BCUT2D eigenvalue weighted by Gasteiger charge is 2.22. The third-order valence-corrected chi connectivity index (χ3v) is 3.20. The van der Waals surface area contributed by atoms with Crippen LogP contribution in [0, 0.1) is 0 Å². The van der Waals surface area contributed by atoms with Crippen molar-refractivity contribution < 1.29 is 4.74 Å². The van der Waals surface area contributed by atoms with Crippen LogP contribution in [-0.4, -0.2) is 23.1 Å². The number of aromatic nitrogens is 2. The van der Waals surface area contributed by atoms with Gasteiger partial charge in [0.25, 0.3) is 0 Å². The van der Waals surface area contributed by atoms with Crippen molar-refractivity contribution in [2.24, 2.45) is 5.73 Å². The van der Waals surface area contributed by atoms with E-state index in [2.05, 4.69) is 22.1 Å². The number of hydrogen-bond donors (Lipinski definition) is 2. The Morgan fingerprint density at radius 3 is 3.18 bits per heavy atom. The van der Waals surface area contributed by atoms with Gasteiger partial charge in [0, 0.05) is 24.5 Å². The minimum atomic E-state index is 0.0219. The van der Waals surface area contributed by atoms with Crippen LogP contribution >= 0.6 is 0 Å². The third-order valence-electron chi connectivity index (χ3n) is 3.20. The molecule has 1 aromatic heterocycles. The molecule has 0 amide bonds. The fourth-order valence-corrected chi connectivity index (χ4v) is 2.41. The van der Waals surface area contributed by atoms with Crippen LogP contribution < -0.4 is 5.73 Å². The van der Waals surface area contributed by atoms with Crippen LogP contribution in [0.15, 0.2) is 30.6 Å². The Balaban J connectivity index is 2.12. The van der Waals surface area contributed by atoms with Gasteiger partial charge in [0.05, 0.1) is 12.7 Å². The smallest absolute Gasteiger partial charge is 0.137 e. The lowest BCUT2D eigenvalue weighted by Gasteiger charge is -2.26. The van der Waals surface area contributed by atoms with E-state index >= 15 is 0 Å². The summed E-state index contributed by atoms with van der Waals surface area (Å²) in [4.78, 5) is 7.47. The zero-order valence-electron chi connectivity index (χ0n) is 9.52. The first-order chi connectivity index (χ1) is 8.40. The van der Waals surface area contributed by atoms with E-state index in [1.807, 2.05) is 12.3 Å². The Morgan fingerprint density at radius 1 is 1.47 bits per heavy atom. The highest BCUT2D eigenvalue weighted by atomic mass is 16.5. The molecule has 1 aliphatic heterocycles. The van der Waals surface area contributed by atoms with Crippen molar-refractivity contribution >= 4 is 0 Å². The van der Waals surface area contributed by atoms with E-state index < -0.39 is 0 Å². The minimum absolute atomic E-state index is 0.0219. The zero-order chi connectivity index (χ0) is 11.7. The molecule has 3 rings (SSSR count). The fourth-order valence-electron chi connectivity index (χ4n) is 2.41. The van der Waals surface area contributed by atoms with Gasteiger partial charge in [-0.25, -0.2) is 4.98 Å². The van der Waals surface area contributed by atoms with Crippen molar-refractivity contribution in [2.45, 2.75) is 12.5 Å². The summed E-state index contributed by atoms with van der Waals surface area (Å²) in [5.74, 6) is 0.916. The van der Waals surface area contributed by atoms with Crippen LogP contribution in [-0.2, 0) is 11.2 Å². The van der Waals surface area contributed by atoms with Gasteiger partial charge in [-0.2, -0.15) is 0 Å². The second-order valence-electron chi connectivity index (χ2n) is 4.16. The van der Waals surface area contributed by atoms with Gasteiger partial charge in [-0.05, 0) is 17.5 Å². The first kappa shape index (κ1) is 10.5. The molecule has 17 heavy (non-hydrogen) atoms. The molecule has 0 aliphatic carbocycles. The summed E-state index contributed by atoms with van der Waals surface area (Å²) in [5, 5.41) is 0. The van der Waals surface area contributed by atoms with E-state index in [9.17, 15) is 0 Å². The molecule has 2 aromatic rings. The number of imidazole rings is 1. The molecular weight excluding hydrogens is 214 g/mol. The van der Waals surface area contributed by atoms with Gasteiger partial charge in [-0.3, -0.25) is 0 Å². The maximum absolute atomic E-state index is 5.74. The number of benzene rings is 1. The number of hydrogen-bond acceptors (Lipinski definition) is 3. The standard InChI is InChI=1S/C13H15N3O/c14-8-12-10-2-1-3-11(9(10)4-7-17-12)13-15-5-6-16-13/h1-3,5-6,12H,4,7-8,14H2,(H,15,16). The molecule has 1 aromatic carbocycles. The number of aromatic amines is 1. The van der Waals surface area contributed by atoms with Crippen molar-refractivity contribution in [1.29, 1.82) is 0 Å². The molecule has 1 aliphatic rings. The molecule has 0 saturated heterocycles. The average Bonchev–Trinajstić information content (AvgIpc) is 2.91. The Bertz CT molecular complexity index is 507. The predicted molar refractivity (Wildman–Crippen MR) is 65.5 cm³/mol. The third kappa shape index (κ3) is 1.75. The second-order valence-corrected chi connectivity index (χ2v) is 4.16. The Morgan fingerprint density at radius 2 is 2.41 bits per heavy atom. The molecule has 4 nitrogen and oxygen atoms in total. The Hall–Kier alpha value is -1.65. The lowest BCUT2D eigenvalue weighted by molar-refractivity contribution is 0.0486. The molecule has 0 spiro atoms. The SMILES string of the molecule is NCC1OCCc2c(-c3ncc[nH]3)cccc21. The molecule has 0 radical (unpaired) electrons. The highest BCUT2D eigenvalue weighted by molar-refractivity contribution is 5.63. The van der Waals surface area contributed by atoms with Gasteiger partial charge in [0.1, 0.15) is 5.82 Å². The van der Waals surface area contributed by atoms with Crippen molar-refractivity contribution in [2.75, 3.05) is 13.2 Å². The molecule has 2 heterocycles. The van der Waals surface area contributed by atoms with Crippen LogP contribution in [0.3, 0.4) is 0 Å². The van der Waals surface area contributed by atoms with E-state index in [1.165, 1.54) is 11.1 Å². The maximum atomic E-state index is 5.74. The van der Waals surface area contributed by atoms with Crippen molar-refractivity contribution in [3.63, 3.8) is 0 Å². The molecule has 0 bridgehead atoms. The number of nitrogens with one attached hydrogen (secondary N) is 1. The molecule has 88 valence electrons. The first-order valence-electron chi connectivity index (χ1n) is 5.83. The molecule has 0 saturated carbocycles. The Labute approximate surface area is 99.8 Å². The van der Waals surface area contributed by atoms with Gasteiger partial charge in [0.2, 0.25) is 0 Å². The average molecular weight is 229 g/mol. The molecular formula is C13H15N3O. The minimum Gasteiger partial charge on any atom is -0.372 e. The maximum Gasteiger partial charge on any atom is 0.137 e. The summed E-state index contributed by atoms with van der Waals surface area (Å²) in [6.45, 7) is 1.25. The first-order valence-corrected chi connectivity index (χ1v) is 5.83. The van der Waals surface area contributed by atoms with E-state index in [0.717, 1.165) is 24.4 Å². The summed E-state index contributed by atoms with van der Waals surface area (Å²) in [7, 11) is 0. The normalized spacial score (nSPS) is 19.0. The summed E-state index contributed by atoms with van der Waals surface area (Å²) in [5.41, 5.74) is 9.41. The Kier molecular flexibility index (Phi) is 2.66. The molecule has 3 N–H and O–H groups in total. The lowest BCUT2D eigenvalue weighted by atomic mass is 9.92. The number of fused-ring (bicyclic) bond motifs is 1. The summed E-state index contributed by atoms with van der Waals surface area (Å²) in [6.07, 6.45) is 4.56. The molecule has 1 unspecified atom stereocenters. The van der Waals surface area contributed by atoms with Gasteiger partial charge in [-0.15, -0.1) is 0 Å². The second kappa shape index (κ2) is 4.31. The largest absolute Gasteiger partial charge is 0.372 e. The van der Waals surface area contributed by atoms with E-state index in [0.29, 0.717) is 6.54 Å².